The summed E-state index contributed by atoms with van der Waals surface area (Å²) in [5.41, 5.74) is 6.46. The van der Waals surface area contributed by atoms with Gasteiger partial charge in [0.05, 0.1) is 0 Å². The standard InChI is InChI=1S/C14H18N4O4/c1-9(19)17-12(13(15)18-22-10(2)20)14(21)16-8-11-6-4-3-5-7-11/h3-7,12H,8H2,1-2H3,(H2,15,18)(H,16,21)(H,17,19)/t12-/m0/s1. The number of carbonyl (C=O) groups is 3. The van der Waals surface area contributed by atoms with Crippen LogP contribution in [-0.2, 0) is 25.8 Å². The van der Waals surface area contributed by atoms with Gasteiger partial charge in [0.1, 0.15) is 0 Å². The number of nitrogens with two attached hydrogens (primary N) is 1. The molecule has 0 unspecified atom stereocenters. The highest BCUT2D eigenvalue weighted by Crippen LogP contribution is 1.98. The van der Waals surface area contributed by atoms with Gasteiger partial charge in [-0.15, -0.1) is 0 Å². The molecule has 1 aromatic rings. The molecule has 0 saturated heterocycles. The van der Waals surface area contributed by atoms with Crippen LogP contribution in [0.25, 0.3) is 0 Å². The third-order valence-corrected chi connectivity index (χ3v) is 2.49. The Hall–Kier alpha value is -2.90. The molecule has 0 aliphatic carbocycles. The number of hydrogen-bond donors (Lipinski definition) is 3. The molecule has 0 spiro atoms. The molecule has 0 aromatic heterocycles. The summed E-state index contributed by atoms with van der Waals surface area (Å²) in [7, 11) is 0. The van der Waals surface area contributed by atoms with E-state index >= 15 is 0 Å². The fourth-order valence-electron chi connectivity index (χ4n) is 1.53. The Balaban J connectivity index is 2.73. The quantitative estimate of drug-likeness (QED) is 0.287. The third kappa shape index (κ3) is 6.04. The highest BCUT2D eigenvalue weighted by atomic mass is 16.7. The van der Waals surface area contributed by atoms with Gasteiger partial charge < -0.3 is 21.2 Å². The second-order valence-electron chi connectivity index (χ2n) is 4.44. The molecule has 22 heavy (non-hydrogen) atoms. The molecule has 1 aromatic carbocycles. The lowest BCUT2D eigenvalue weighted by Gasteiger charge is -2.16. The number of oxime groups is 1. The Labute approximate surface area is 127 Å². The van der Waals surface area contributed by atoms with E-state index in [1.54, 1.807) is 0 Å². The van der Waals surface area contributed by atoms with Crippen molar-refractivity contribution in [1.29, 1.82) is 0 Å². The van der Waals surface area contributed by atoms with E-state index in [-0.39, 0.29) is 12.4 Å². The predicted octanol–water partition coefficient (Wildman–Crippen LogP) is -0.357. The molecular weight excluding hydrogens is 288 g/mol. The minimum absolute atomic E-state index is 0.261. The highest BCUT2D eigenvalue weighted by molar-refractivity contribution is 6.08. The first kappa shape index (κ1) is 17.2. The summed E-state index contributed by atoms with van der Waals surface area (Å²) in [5, 5.41) is 8.28. The van der Waals surface area contributed by atoms with E-state index in [4.69, 9.17) is 5.73 Å². The van der Waals surface area contributed by atoms with Crippen LogP contribution in [0.5, 0.6) is 0 Å². The van der Waals surface area contributed by atoms with Gasteiger partial charge >= 0.3 is 5.97 Å². The van der Waals surface area contributed by atoms with Gasteiger partial charge in [0, 0.05) is 20.4 Å². The zero-order valence-electron chi connectivity index (χ0n) is 12.3. The molecule has 8 heteroatoms. The molecule has 0 fully saturated rings. The summed E-state index contributed by atoms with van der Waals surface area (Å²) in [5.74, 6) is -2.04. The van der Waals surface area contributed by atoms with Crippen LogP contribution in [0, 0.1) is 0 Å². The van der Waals surface area contributed by atoms with Crippen LogP contribution in [0.3, 0.4) is 0 Å². The van der Waals surface area contributed by atoms with Crippen molar-refractivity contribution in [3.8, 4) is 0 Å². The molecular formula is C14H18N4O4. The molecule has 0 aliphatic heterocycles. The minimum atomic E-state index is -1.22. The van der Waals surface area contributed by atoms with Gasteiger partial charge in [-0.3, -0.25) is 9.59 Å². The largest absolute Gasteiger partial charge is 0.382 e. The highest BCUT2D eigenvalue weighted by Gasteiger charge is 2.24. The number of nitrogens with one attached hydrogen (secondary N) is 2. The van der Waals surface area contributed by atoms with Crippen molar-refractivity contribution in [3.05, 3.63) is 35.9 Å². The second-order valence-corrected chi connectivity index (χ2v) is 4.44. The number of rotatable bonds is 6. The molecule has 1 rings (SSSR count). The van der Waals surface area contributed by atoms with Crippen LogP contribution in [-0.4, -0.2) is 29.7 Å². The fraction of sp³-hybridized carbons (Fsp3) is 0.286. The van der Waals surface area contributed by atoms with Crippen LogP contribution < -0.4 is 16.4 Å². The summed E-state index contributed by atoms with van der Waals surface area (Å²) in [4.78, 5) is 38.3. The van der Waals surface area contributed by atoms with Crippen LogP contribution in [0.15, 0.2) is 35.5 Å². The van der Waals surface area contributed by atoms with E-state index in [0.29, 0.717) is 0 Å². The average Bonchev–Trinajstić information content (AvgIpc) is 2.48. The van der Waals surface area contributed by atoms with E-state index in [9.17, 15) is 14.4 Å². The number of benzene rings is 1. The Morgan fingerprint density at radius 1 is 1.23 bits per heavy atom. The van der Waals surface area contributed by atoms with Gasteiger partial charge in [-0.1, -0.05) is 35.5 Å². The first-order chi connectivity index (χ1) is 10.4. The maximum Gasteiger partial charge on any atom is 0.332 e. The number of hydrogen-bond acceptors (Lipinski definition) is 5. The van der Waals surface area contributed by atoms with Crippen molar-refractivity contribution >= 4 is 23.6 Å². The Morgan fingerprint density at radius 2 is 1.86 bits per heavy atom. The minimum Gasteiger partial charge on any atom is -0.382 e. The molecule has 0 bridgehead atoms. The molecule has 2 amide bonds. The van der Waals surface area contributed by atoms with E-state index in [2.05, 4.69) is 20.6 Å². The Bertz CT molecular complexity index is 571. The molecule has 0 heterocycles. The molecule has 0 radical (unpaired) electrons. The molecule has 118 valence electrons. The van der Waals surface area contributed by atoms with E-state index in [1.165, 1.54) is 6.92 Å². The number of amides is 2. The van der Waals surface area contributed by atoms with Gasteiger partial charge in [0.15, 0.2) is 11.9 Å². The Morgan fingerprint density at radius 3 is 2.41 bits per heavy atom. The van der Waals surface area contributed by atoms with Crippen molar-refractivity contribution in [3.63, 3.8) is 0 Å². The molecule has 4 N–H and O–H groups in total. The lowest BCUT2D eigenvalue weighted by Crippen LogP contribution is -2.53. The second kappa shape index (κ2) is 8.40. The molecule has 1 atom stereocenters. The number of carbonyl (C=O) groups excluding carboxylic acids is 3. The lowest BCUT2D eigenvalue weighted by molar-refractivity contribution is -0.141. The van der Waals surface area contributed by atoms with Gasteiger partial charge in [0.2, 0.25) is 5.91 Å². The SMILES string of the molecule is CC(=O)N[C@H](C(=O)NCc1ccccc1)C(N)=NOC(C)=O. The number of amidine groups is 1. The van der Waals surface area contributed by atoms with Crippen LogP contribution in [0.4, 0.5) is 0 Å². The molecule has 8 nitrogen and oxygen atoms in total. The van der Waals surface area contributed by atoms with Gasteiger partial charge in [-0.05, 0) is 5.56 Å². The summed E-state index contributed by atoms with van der Waals surface area (Å²) in [6, 6.07) is 7.98. The molecule has 0 saturated carbocycles. The zero-order valence-corrected chi connectivity index (χ0v) is 12.3. The fourth-order valence-corrected chi connectivity index (χ4v) is 1.53. The summed E-state index contributed by atoms with van der Waals surface area (Å²) >= 11 is 0. The maximum absolute atomic E-state index is 12.1. The van der Waals surface area contributed by atoms with E-state index in [0.717, 1.165) is 12.5 Å². The summed E-state index contributed by atoms with van der Waals surface area (Å²) < 4.78 is 0. The summed E-state index contributed by atoms with van der Waals surface area (Å²) in [6.45, 7) is 2.63. The Kier molecular flexibility index (Phi) is 6.55. The maximum atomic E-state index is 12.1. The van der Waals surface area contributed by atoms with Crippen molar-refractivity contribution in [1.82, 2.24) is 10.6 Å². The van der Waals surface area contributed by atoms with Crippen molar-refractivity contribution < 1.29 is 19.2 Å². The van der Waals surface area contributed by atoms with E-state index in [1.807, 2.05) is 30.3 Å². The first-order valence-electron chi connectivity index (χ1n) is 6.50. The topological polar surface area (TPSA) is 123 Å². The predicted molar refractivity (Wildman–Crippen MR) is 79.3 cm³/mol. The van der Waals surface area contributed by atoms with Crippen molar-refractivity contribution in [2.75, 3.05) is 0 Å². The molecule has 0 aliphatic rings. The number of nitrogens with zero attached hydrogens (tertiary/aromatic N) is 1. The smallest absolute Gasteiger partial charge is 0.332 e. The van der Waals surface area contributed by atoms with Crippen molar-refractivity contribution in [2.45, 2.75) is 26.4 Å². The van der Waals surface area contributed by atoms with E-state index < -0.39 is 23.8 Å². The average molecular weight is 306 g/mol. The van der Waals surface area contributed by atoms with Gasteiger partial charge in [-0.2, -0.15) is 0 Å². The van der Waals surface area contributed by atoms with Crippen molar-refractivity contribution in [2.24, 2.45) is 10.9 Å². The van der Waals surface area contributed by atoms with Crippen LogP contribution in [0.1, 0.15) is 19.4 Å². The normalized spacial score (nSPS) is 12.2. The lowest BCUT2D eigenvalue weighted by atomic mass is 10.2. The third-order valence-electron chi connectivity index (χ3n) is 2.49. The van der Waals surface area contributed by atoms with Crippen LogP contribution in [0.2, 0.25) is 0 Å². The van der Waals surface area contributed by atoms with Crippen LogP contribution >= 0.6 is 0 Å². The monoisotopic (exact) mass is 306 g/mol. The van der Waals surface area contributed by atoms with Gasteiger partial charge in [0.25, 0.3) is 5.91 Å². The summed E-state index contributed by atoms with van der Waals surface area (Å²) in [6.07, 6.45) is 0. The van der Waals surface area contributed by atoms with Gasteiger partial charge in [-0.25, -0.2) is 4.79 Å². The zero-order chi connectivity index (χ0) is 16.5. The first-order valence-corrected chi connectivity index (χ1v) is 6.50.